The van der Waals surface area contributed by atoms with Crippen LogP contribution in [0.2, 0.25) is 5.02 Å². The smallest absolute Gasteiger partial charge is 0.162 e. The van der Waals surface area contributed by atoms with E-state index in [1.807, 2.05) is 12.1 Å². The van der Waals surface area contributed by atoms with Gasteiger partial charge in [-0.15, -0.1) is 0 Å². The van der Waals surface area contributed by atoms with Crippen molar-refractivity contribution in [3.05, 3.63) is 58.1 Å². The summed E-state index contributed by atoms with van der Waals surface area (Å²) in [6.07, 6.45) is 1.07. The average molecular weight is 368 g/mol. The summed E-state index contributed by atoms with van der Waals surface area (Å²) in [4.78, 5) is 0.166. The minimum Gasteiger partial charge on any atom is -0.493 e. The van der Waals surface area contributed by atoms with Crippen LogP contribution < -0.4 is 9.47 Å². The predicted molar refractivity (Wildman–Crippen MR) is 89.1 cm³/mol. The van der Waals surface area contributed by atoms with E-state index in [9.17, 15) is 0 Å². The number of benzene rings is 2. The summed E-state index contributed by atoms with van der Waals surface area (Å²) in [6.45, 7) is 0. The maximum atomic E-state index is 6.42. The lowest BCUT2D eigenvalue weighted by molar-refractivity contribution is 0.354. The minimum absolute atomic E-state index is 0.166. The predicted octanol–water partition coefficient (Wildman–Crippen LogP) is 5.13. The molecule has 0 bridgehead atoms. The molecule has 2 aromatic carbocycles. The van der Waals surface area contributed by atoms with E-state index in [2.05, 4.69) is 40.2 Å². The first kappa shape index (κ1) is 14.7. The molecule has 0 amide bonds. The van der Waals surface area contributed by atoms with Gasteiger partial charge in [0.1, 0.15) is 0 Å². The van der Waals surface area contributed by atoms with Crippen molar-refractivity contribution in [3.8, 4) is 11.5 Å². The molecule has 0 N–H and O–H groups in total. The maximum absolute atomic E-state index is 6.42. The van der Waals surface area contributed by atoms with Crippen LogP contribution in [0, 0.1) is 0 Å². The molecule has 110 valence electrons. The van der Waals surface area contributed by atoms with E-state index in [0.29, 0.717) is 22.4 Å². The number of ether oxygens (including phenoxy) is 2. The molecule has 0 radical (unpaired) electrons. The second-order valence-corrected chi connectivity index (χ2v) is 6.53. The molecule has 1 aliphatic carbocycles. The number of hydrogen-bond acceptors (Lipinski definition) is 2. The summed E-state index contributed by atoms with van der Waals surface area (Å²) in [7, 11) is 3.25. The lowest BCUT2D eigenvalue weighted by atomic mass is 9.74. The van der Waals surface area contributed by atoms with Gasteiger partial charge >= 0.3 is 0 Å². The third-order valence-electron chi connectivity index (χ3n) is 4.05. The number of rotatable bonds is 4. The molecule has 0 aromatic heterocycles. The van der Waals surface area contributed by atoms with Crippen molar-refractivity contribution < 1.29 is 9.47 Å². The molecule has 0 fully saturated rings. The molecule has 0 saturated heterocycles. The highest BCUT2D eigenvalue weighted by molar-refractivity contribution is 9.09. The van der Waals surface area contributed by atoms with E-state index in [4.69, 9.17) is 21.1 Å². The highest BCUT2D eigenvalue weighted by atomic mass is 79.9. The summed E-state index contributed by atoms with van der Waals surface area (Å²) in [5.74, 6) is 1.80. The molecule has 2 nitrogen and oxygen atoms in total. The second kappa shape index (κ2) is 5.90. The lowest BCUT2D eigenvalue weighted by Gasteiger charge is -2.34. The fraction of sp³-hybridized carbons (Fsp3) is 0.294. The topological polar surface area (TPSA) is 18.5 Å². The molecule has 3 rings (SSSR count). The van der Waals surface area contributed by atoms with Gasteiger partial charge in [0.15, 0.2) is 11.5 Å². The van der Waals surface area contributed by atoms with Crippen molar-refractivity contribution in [1.29, 1.82) is 0 Å². The van der Waals surface area contributed by atoms with Gasteiger partial charge in [-0.2, -0.15) is 0 Å². The van der Waals surface area contributed by atoms with Crippen molar-refractivity contribution in [3.63, 3.8) is 0 Å². The zero-order valence-electron chi connectivity index (χ0n) is 11.9. The Morgan fingerprint density at radius 1 is 1.14 bits per heavy atom. The molecule has 2 unspecified atom stereocenters. The Bertz CT molecular complexity index is 672. The molecule has 0 heterocycles. The van der Waals surface area contributed by atoms with Crippen molar-refractivity contribution >= 4 is 27.5 Å². The van der Waals surface area contributed by atoms with Crippen LogP contribution in [-0.2, 0) is 6.42 Å². The van der Waals surface area contributed by atoms with Gasteiger partial charge in [0.05, 0.1) is 14.2 Å². The van der Waals surface area contributed by atoms with E-state index < -0.39 is 0 Å². The summed E-state index contributed by atoms with van der Waals surface area (Å²) in [6, 6.07) is 12.3. The van der Waals surface area contributed by atoms with Gasteiger partial charge in [-0.05, 0) is 29.2 Å². The van der Waals surface area contributed by atoms with Crippen LogP contribution >= 0.6 is 27.5 Å². The number of alkyl halides is 1. The quantitative estimate of drug-likeness (QED) is 0.697. The van der Waals surface area contributed by atoms with Crippen molar-refractivity contribution in [2.75, 3.05) is 14.2 Å². The van der Waals surface area contributed by atoms with Crippen molar-refractivity contribution in [2.45, 2.75) is 17.2 Å². The van der Waals surface area contributed by atoms with Gasteiger partial charge in [-0.3, -0.25) is 0 Å². The first-order valence-corrected chi connectivity index (χ1v) is 8.08. The van der Waals surface area contributed by atoms with Crippen LogP contribution in [0.4, 0.5) is 0 Å². The Labute approximate surface area is 138 Å². The van der Waals surface area contributed by atoms with Gasteiger partial charge in [0.25, 0.3) is 0 Å². The minimum atomic E-state index is 0.166. The van der Waals surface area contributed by atoms with E-state index >= 15 is 0 Å². The number of fused-ring (bicyclic) bond motifs is 1. The Morgan fingerprint density at radius 2 is 1.81 bits per heavy atom. The highest BCUT2D eigenvalue weighted by Gasteiger charge is 2.33. The standard InChI is InChI=1S/C17H16BrClO2/c1-20-15-8-13(14(19)9-16(15)21-2)17(18)12-7-10-5-3-4-6-11(10)12/h3-6,8-9,12,17H,7H2,1-2H3. The summed E-state index contributed by atoms with van der Waals surface area (Å²) in [5, 5.41) is 0.693. The van der Waals surface area contributed by atoms with Crippen LogP contribution in [0.1, 0.15) is 27.4 Å². The molecule has 4 heteroatoms. The van der Waals surface area contributed by atoms with Gasteiger partial charge in [-0.1, -0.05) is 51.8 Å². The number of halogens is 2. The fourth-order valence-corrected chi connectivity index (χ4v) is 4.11. The Morgan fingerprint density at radius 3 is 2.48 bits per heavy atom. The van der Waals surface area contributed by atoms with Gasteiger partial charge in [0.2, 0.25) is 0 Å². The summed E-state index contributed by atoms with van der Waals surface area (Å²) < 4.78 is 10.7. The van der Waals surface area contributed by atoms with E-state index in [1.165, 1.54) is 11.1 Å². The Balaban J connectivity index is 1.94. The fourth-order valence-electron chi connectivity index (χ4n) is 2.86. The van der Waals surface area contributed by atoms with Gasteiger partial charge < -0.3 is 9.47 Å². The molecule has 1 aliphatic rings. The Kier molecular flexibility index (Phi) is 4.14. The monoisotopic (exact) mass is 366 g/mol. The molecule has 2 atom stereocenters. The van der Waals surface area contributed by atoms with Crippen LogP contribution in [0.15, 0.2) is 36.4 Å². The van der Waals surface area contributed by atoms with E-state index in [-0.39, 0.29) is 4.83 Å². The van der Waals surface area contributed by atoms with Crippen LogP contribution in [0.25, 0.3) is 0 Å². The third kappa shape index (κ3) is 2.53. The van der Waals surface area contributed by atoms with Crippen molar-refractivity contribution in [1.82, 2.24) is 0 Å². The van der Waals surface area contributed by atoms with Crippen LogP contribution in [-0.4, -0.2) is 14.2 Å². The van der Waals surface area contributed by atoms with Crippen molar-refractivity contribution in [2.24, 2.45) is 0 Å². The zero-order valence-corrected chi connectivity index (χ0v) is 14.2. The zero-order chi connectivity index (χ0) is 15.0. The largest absolute Gasteiger partial charge is 0.493 e. The molecule has 0 saturated carbocycles. The van der Waals surface area contributed by atoms with E-state index in [1.54, 1.807) is 14.2 Å². The molecule has 21 heavy (non-hydrogen) atoms. The molecular weight excluding hydrogens is 352 g/mol. The Hall–Kier alpha value is -1.19. The van der Waals surface area contributed by atoms with Gasteiger partial charge in [0, 0.05) is 21.8 Å². The molecule has 0 aliphatic heterocycles. The summed E-state index contributed by atoms with van der Waals surface area (Å²) >= 11 is 10.2. The first-order valence-electron chi connectivity index (χ1n) is 6.79. The average Bonchev–Trinajstić information content (AvgIpc) is 2.48. The van der Waals surface area contributed by atoms with E-state index in [0.717, 1.165) is 12.0 Å². The SMILES string of the molecule is COc1cc(Cl)c(C(Br)C2Cc3ccccc32)cc1OC. The number of hydrogen-bond donors (Lipinski definition) is 0. The normalized spacial score (nSPS) is 17.6. The summed E-state index contributed by atoms with van der Waals surface area (Å²) in [5.41, 5.74) is 3.85. The molecule has 2 aromatic rings. The number of methoxy groups -OCH3 is 2. The highest BCUT2D eigenvalue weighted by Crippen LogP contribution is 2.50. The van der Waals surface area contributed by atoms with Gasteiger partial charge in [-0.25, -0.2) is 0 Å². The second-order valence-electron chi connectivity index (χ2n) is 5.14. The van der Waals surface area contributed by atoms with Crippen LogP contribution in [0.3, 0.4) is 0 Å². The van der Waals surface area contributed by atoms with Crippen LogP contribution in [0.5, 0.6) is 11.5 Å². The third-order valence-corrected chi connectivity index (χ3v) is 5.51. The first-order chi connectivity index (χ1) is 10.2. The lowest BCUT2D eigenvalue weighted by Crippen LogP contribution is -2.21. The molecule has 0 spiro atoms. The molecular formula is C17H16BrClO2. The maximum Gasteiger partial charge on any atom is 0.162 e.